The van der Waals surface area contributed by atoms with E-state index in [1.165, 1.54) is 18.4 Å². The van der Waals surface area contributed by atoms with E-state index in [9.17, 15) is 4.79 Å². The highest BCUT2D eigenvalue weighted by molar-refractivity contribution is 5.90. The van der Waals surface area contributed by atoms with E-state index in [0.717, 1.165) is 44.7 Å². The first-order valence-corrected chi connectivity index (χ1v) is 7.61. The third-order valence-electron chi connectivity index (χ3n) is 4.79. The molecule has 0 amide bonds. The first kappa shape index (κ1) is 12.9. The van der Waals surface area contributed by atoms with Gasteiger partial charge < -0.3 is 5.32 Å². The molecular weight excluding hydrogens is 234 g/mol. The van der Waals surface area contributed by atoms with Crippen molar-refractivity contribution in [1.82, 2.24) is 5.32 Å². The summed E-state index contributed by atoms with van der Waals surface area (Å²) in [5.41, 5.74) is 1.03. The predicted octanol–water partition coefficient (Wildman–Crippen LogP) is 3.07. The molecule has 2 heteroatoms. The molecule has 2 fully saturated rings. The minimum Gasteiger partial charge on any atom is -0.317 e. The number of hydrogen-bond acceptors (Lipinski definition) is 2. The zero-order valence-corrected chi connectivity index (χ0v) is 11.5. The number of nitrogens with one attached hydrogen (secondary N) is 1. The molecule has 19 heavy (non-hydrogen) atoms. The molecular formula is C17H23NO. The molecule has 1 aromatic carbocycles. The number of ketones is 1. The number of carbonyl (C=O) groups is 1. The quantitative estimate of drug-likeness (QED) is 0.878. The van der Waals surface area contributed by atoms with E-state index in [2.05, 4.69) is 29.6 Å². The number of hydrogen-bond donors (Lipinski definition) is 1. The fourth-order valence-corrected chi connectivity index (χ4v) is 3.32. The van der Waals surface area contributed by atoms with Gasteiger partial charge in [0, 0.05) is 6.42 Å². The van der Waals surface area contributed by atoms with Gasteiger partial charge in [-0.15, -0.1) is 0 Å². The molecule has 0 spiro atoms. The van der Waals surface area contributed by atoms with Crippen molar-refractivity contribution in [2.45, 2.75) is 43.9 Å². The normalized spacial score (nSPS) is 22.1. The van der Waals surface area contributed by atoms with Crippen molar-refractivity contribution in [1.29, 1.82) is 0 Å². The fraction of sp³-hybridized carbons (Fsp3) is 0.588. The summed E-state index contributed by atoms with van der Waals surface area (Å²) in [6.07, 6.45) is 6.49. The standard InChI is InChI=1S/C17H23NO/c19-16(9-8-14-6-7-14)17(10-12-18-13-11-17)15-4-2-1-3-5-15/h1-5,14,18H,6-13H2. The molecule has 2 aliphatic rings. The second-order valence-electron chi connectivity index (χ2n) is 6.10. The second kappa shape index (κ2) is 5.46. The number of rotatable bonds is 5. The van der Waals surface area contributed by atoms with Crippen molar-refractivity contribution < 1.29 is 4.79 Å². The molecule has 1 aliphatic heterocycles. The Morgan fingerprint density at radius 3 is 2.47 bits per heavy atom. The topological polar surface area (TPSA) is 29.1 Å². The molecule has 1 saturated heterocycles. The third-order valence-corrected chi connectivity index (χ3v) is 4.79. The minimum atomic E-state index is -0.207. The average molecular weight is 257 g/mol. The van der Waals surface area contributed by atoms with Gasteiger partial charge in [0.15, 0.2) is 0 Å². The minimum absolute atomic E-state index is 0.207. The summed E-state index contributed by atoms with van der Waals surface area (Å²) in [7, 11) is 0. The van der Waals surface area contributed by atoms with Gasteiger partial charge in [-0.2, -0.15) is 0 Å². The molecule has 0 unspecified atom stereocenters. The van der Waals surface area contributed by atoms with Crippen LogP contribution in [0.3, 0.4) is 0 Å². The van der Waals surface area contributed by atoms with Crippen molar-refractivity contribution in [3.8, 4) is 0 Å². The van der Waals surface area contributed by atoms with Crippen molar-refractivity contribution in [2.24, 2.45) is 5.92 Å². The van der Waals surface area contributed by atoms with Crippen LogP contribution in [0.4, 0.5) is 0 Å². The highest BCUT2D eigenvalue weighted by Crippen LogP contribution is 2.39. The van der Waals surface area contributed by atoms with Gasteiger partial charge in [-0.05, 0) is 43.8 Å². The first-order valence-electron chi connectivity index (χ1n) is 7.61. The lowest BCUT2D eigenvalue weighted by Crippen LogP contribution is -2.45. The molecule has 0 atom stereocenters. The Labute approximate surface area is 115 Å². The van der Waals surface area contributed by atoms with Crippen molar-refractivity contribution in [3.63, 3.8) is 0 Å². The van der Waals surface area contributed by atoms with E-state index < -0.39 is 0 Å². The summed E-state index contributed by atoms with van der Waals surface area (Å²) in [6.45, 7) is 1.92. The Balaban J connectivity index is 1.80. The number of carbonyl (C=O) groups excluding carboxylic acids is 1. The van der Waals surface area contributed by atoms with E-state index in [1.807, 2.05) is 6.07 Å². The summed E-state index contributed by atoms with van der Waals surface area (Å²) in [4.78, 5) is 12.8. The maximum absolute atomic E-state index is 12.8. The molecule has 102 valence electrons. The van der Waals surface area contributed by atoms with Crippen LogP contribution >= 0.6 is 0 Å². The van der Waals surface area contributed by atoms with Gasteiger partial charge in [-0.25, -0.2) is 0 Å². The van der Waals surface area contributed by atoms with Gasteiger partial charge in [-0.3, -0.25) is 4.79 Å². The van der Waals surface area contributed by atoms with Crippen molar-refractivity contribution in [2.75, 3.05) is 13.1 Å². The SMILES string of the molecule is O=C(CCC1CC1)C1(c2ccccc2)CCNCC1. The molecule has 0 radical (unpaired) electrons. The summed E-state index contributed by atoms with van der Waals surface area (Å²) < 4.78 is 0. The zero-order chi connectivity index (χ0) is 13.1. The Kier molecular flexibility index (Phi) is 3.69. The van der Waals surface area contributed by atoms with Crippen LogP contribution in [-0.2, 0) is 10.2 Å². The van der Waals surface area contributed by atoms with Gasteiger partial charge in [0.25, 0.3) is 0 Å². The summed E-state index contributed by atoms with van der Waals surface area (Å²) >= 11 is 0. The van der Waals surface area contributed by atoms with Crippen LogP contribution in [0.1, 0.15) is 44.1 Å². The summed E-state index contributed by atoms with van der Waals surface area (Å²) in [5.74, 6) is 1.32. The van der Waals surface area contributed by atoms with Crippen LogP contribution in [0, 0.1) is 5.92 Å². The lowest BCUT2D eigenvalue weighted by atomic mass is 9.69. The molecule has 2 nitrogen and oxygen atoms in total. The molecule has 0 bridgehead atoms. The van der Waals surface area contributed by atoms with Gasteiger partial charge in [0.1, 0.15) is 5.78 Å². The molecule has 1 N–H and O–H groups in total. The molecule has 1 saturated carbocycles. The molecule has 1 aromatic rings. The first-order chi connectivity index (χ1) is 9.31. The van der Waals surface area contributed by atoms with Crippen LogP contribution in [-0.4, -0.2) is 18.9 Å². The third kappa shape index (κ3) is 2.74. The summed E-state index contributed by atoms with van der Waals surface area (Å²) in [6, 6.07) is 10.4. The smallest absolute Gasteiger partial charge is 0.143 e. The van der Waals surface area contributed by atoms with Crippen LogP contribution in [0.5, 0.6) is 0 Å². The Bertz CT molecular complexity index is 430. The highest BCUT2D eigenvalue weighted by atomic mass is 16.1. The van der Waals surface area contributed by atoms with Crippen molar-refractivity contribution >= 4 is 5.78 Å². The van der Waals surface area contributed by atoms with Crippen LogP contribution in [0.2, 0.25) is 0 Å². The lowest BCUT2D eigenvalue weighted by Gasteiger charge is -2.37. The molecule has 0 aromatic heterocycles. The summed E-state index contributed by atoms with van der Waals surface area (Å²) in [5, 5.41) is 3.39. The van der Waals surface area contributed by atoms with E-state index in [0.29, 0.717) is 5.78 Å². The average Bonchev–Trinajstić information content (AvgIpc) is 3.30. The van der Waals surface area contributed by atoms with Gasteiger partial charge in [0.2, 0.25) is 0 Å². The van der Waals surface area contributed by atoms with E-state index in [1.54, 1.807) is 0 Å². The maximum atomic E-state index is 12.8. The van der Waals surface area contributed by atoms with Gasteiger partial charge >= 0.3 is 0 Å². The largest absolute Gasteiger partial charge is 0.317 e. The second-order valence-corrected chi connectivity index (χ2v) is 6.10. The van der Waals surface area contributed by atoms with Crippen LogP contribution < -0.4 is 5.32 Å². The zero-order valence-electron chi connectivity index (χ0n) is 11.5. The van der Waals surface area contributed by atoms with Gasteiger partial charge in [-0.1, -0.05) is 43.2 Å². The number of benzene rings is 1. The van der Waals surface area contributed by atoms with E-state index in [-0.39, 0.29) is 5.41 Å². The van der Waals surface area contributed by atoms with E-state index in [4.69, 9.17) is 0 Å². The monoisotopic (exact) mass is 257 g/mol. The molecule has 1 heterocycles. The Morgan fingerprint density at radius 2 is 1.84 bits per heavy atom. The fourth-order valence-electron chi connectivity index (χ4n) is 3.32. The maximum Gasteiger partial charge on any atom is 0.143 e. The van der Waals surface area contributed by atoms with Crippen LogP contribution in [0.15, 0.2) is 30.3 Å². The van der Waals surface area contributed by atoms with E-state index >= 15 is 0 Å². The Morgan fingerprint density at radius 1 is 1.16 bits per heavy atom. The number of Topliss-reactive ketones (excluding diaryl/α,β-unsaturated/α-hetero) is 1. The highest BCUT2D eigenvalue weighted by Gasteiger charge is 2.40. The predicted molar refractivity (Wildman–Crippen MR) is 77.2 cm³/mol. The Hall–Kier alpha value is -1.15. The van der Waals surface area contributed by atoms with Gasteiger partial charge in [0.05, 0.1) is 5.41 Å². The lowest BCUT2D eigenvalue weighted by molar-refractivity contribution is -0.125. The number of piperidine rings is 1. The van der Waals surface area contributed by atoms with Crippen molar-refractivity contribution in [3.05, 3.63) is 35.9 Å². The molecule has 3 rings (SSSR count). The van der Waals surface area contributed by atoms with Crippen LogP contribution in [0.25, 0.3) is 0 Å². The molecule has 1 aliphatic carbocycles.